The predicted octanol–water partition coefficient (Wildman–Crippen LogP) is 4.03. The van der Waals surface area contributed by atoms with Crippen molar-refractivity contribution in [3.05, 3.63) is 21.4 Å². The first-order chi connectivity index (χ1) is 7.66. The monoisotopic (exact) mass is 237 g/mol. The van der Waals surface area contributed by atoms with Crippen molar-refractivity contribution >= 4 is 11.3 Å². The molecule has 1 saturated carbocycles. The molecule has 1 nitrogen and oxygen atoms in total. The van der Waals surface area contributed by atoms with E-state index in [0.29, 0.717) is 6.04 Å². The molecule has 0 spiro atoms. The zero-order valence-corrected chi connectivity index (χ0v) is 11.5. The normalized spacial score (nSPS) is 19.2. The van der Waals surface area contributed by atoms with Gasteiger partial charge >= 0.3 is 0 Å². The third-order valence-corrected chi connectivity index (χ3v) is 4.87. The lowest BCUT2D eigenvalue weighted by atomic mass is 9.99. The first kappa shape index (κ1) is 12.1. The van der Waals surface area contributed by atoms with Crippen LogP contribution in [0.15, 0.2) is 6.07 Å². The average molecular weight is 237 g/mol. The Morgan fingerprint density at radius 2 is 2.06 bits per heavy atom. The minimum absolute atomic E-state index is 0.683. The van der Waals surface area contributed by atoms with Crippen LogP contribution in [0.3, 0.4) is 0 Å². The van der Waals surface area contributed by atoms with Crippen molar-refractivity contribution in [3.8, 4) is 0 Å². The fourth-order valence-electron chi connectivity index (χ4n) is 2.75. The molecular formula is C14H23NS. The maximum atomic E-state index is 3.70. The van der Waals surface area contributed by atoms with Gasteiger partial charge < -0.3 is 5.32 Å². The van der Waals surface area contributed by atoms with Crippen molar-refractivity contribution in [3.63, 3.8) is 0 Å². The number of hydrogen-bond donors (Lipinski definition) is 1. The van der Waals surface area contributed by atoms with Crippen LogP contribution in [0.25, 0.3) is 0 Å². The molecule has 0 bridgehead atoms. The maximum Gasteiger partial charge on any atom is 0.0219 e. The Morgan fingerprint density at radius 3 is 2.62 bits per heavy atom. The van der Waals surface area contributed by atoms with Crippen LogP contribution in [0.5, 0.6) is 0 Å². The number of hydrogen-bond acceptors (Lipinski definition) is 2. The van der Waals surface area contributed by atoms with Gasteiger partial charge in [0.05, 0.1) is 0 Å². The minimum atomic E-state index is 0.683. The van der Waals surface area contributed by atoms with Gasteiger partial charge in [0.15, 0.2) is 0 Å². The van der Waals surface area contributed by atoms with E-state index in [1.54, 1.807) is 0 Å². The molecule has 0 amide bonds. The smallest absolute Gasteiger partial charge is 0.0219 e. The van der Waals surface area contributed by atoms with E-state index in [9.17, 15) is 0 Å². The SMILES string of the molecule is Cc1cc(CNC(C)C2CCCC2)c(C)s1. The molecule has 1 aromatic heterocycles. The third kappa shape index (κ3) is 2.86. The van der Waals surface area contributed by atoms with Crippen molar-refractivity contribution in [2.24, 2.45) is 5.92 Å². The number of rotatable bonds is 4. The minimum Gasteiger partial charge on any atom is -0.310 e. The van der Waals surface area contributed by atoms with Crippen LogP contribution in [0.4, 0.5) is 0 Å². The molecular weight excluding hydrogens is 214 g/mol. The van der Waals surface area contributed by atoms with Crippen molar-refractivity contribution in [1.82, 2.24) is 5.32 Å². The summed E-state index contributed by atoms with van der Waals surface area (Å²) in [6.45, 7) is 7.83. The molecule has 0 aliphatic heterocycles. The summed E-state index contributed by atoms with van der Waals surface area (Å²) in [5.41, 5.74) is 1.49. The van der Waals surface area contributed by atoms with E-state index in [-0.39, 0.29) is 0 Å². The lowest BCUT2D eigenvalue weighted by Crippen LogP contribution is -2.31. The molecule has 2 rings (SSSR count). The molecule has 1 unspecified atom stereocenters. The number of aryl methyl sites for hydroxylation is 2. The van der Waals surface area contributed by atoms with Gasteiger partial charge in [0.25, 0.3) is 0 Å². The summed E-state index contributed by atoms with van der Waals surface area (Å²) in [4.78, 5) is 2.91. The van der Waals surface area contributed by atoms with Gasteiger partial charge in [-0.25, -0.2) is 0 Å². The summed E-state index contributed by atoms with van der Waals surface area (Å²) in [6.07, 6.45) is 5.73. The second-order valence-electron chi connectivity index (χ2n) is 5.15. The molecule has 1 atom stereocenters. The highest BCUT2D eigenvalue weighted by atomic mass is 32.1. The Bertz CT molecular complexity index is 337. The molecule has 1 aromatic rings. The van der Waals surface area contributed by atoms with E-state index in [1.165, 1.54) is 41.0 Å². The van der Waals surface area contributed by atoms with E-state index < -0.39 is 0 Å². The van der Waals surface area contributed by atoms with Gasteiger partial charge in [0.1, 0.15) is 0 Å². The van der Waals surface area contributed by atoms with Crippen LogP contribution >= 0.6 is 11.3 Å². The van der Waals surface area contributed by atoms with Crippen LogP contribution in [0.1, 0.15) is 47.9 Å². The highest BCUT2D eigenvalue weighted by molar-refractivity contribution is 7.12. The second kappa shape index (κ2) is 5.33. The second-order valence-corrected chi connectivity index (χ2v) is 6.61. The van der Waals surface area contributed by atoms with Gasteiger partial charge in [0.2, 0.25) is 0 Å². The van der Waals surface area contributed by atoms with Crippen LogP contribution in [-0.4, -0.2) is 6.04 Å². The van der Waals surface area contributed by atoms with Crippen LogP contribution in [0.2, 0.25) is 0 Å². The van der Waals surface area contributed by atoms with Crippen molar-refractivity contribution in [2.75, 3.05) is 0 Å². The Hall–Kier alpha value is -0.340. The summed E-state index contributed by atoms with van der Waals surface area (Å²) >= 11 is 1.91. The molecule has 0 radical (unpaired) electrons. The van der Waals surface area contributed by atoms with Gasteiger partial charge in [-0.2, -0.15) is 0 Å². The molecule has 2 heteroatoms. The lowest BCUT2D eigenvalue weighted by molar-refractivity contribution is 0.380. The summed E-state index contributed by atoms with van der Waals surface area (Å²) in [5, 5.41) is 3.70. The standard InChI is InChI=1S/C14H23NS/c1-10-8-14(12(3)16-10)9-15-11(2)13-6-4-5-7-13/h8,11,13,15H,4-7,9H2,1-3H3. The quantitative estimate of drug-likeness (QED) is 0.833. The molecule has 90 valence electrons. The zero-order valence-electron chi connectivity index (χ0n) is 10.7. The van der Waals surface area contributed by atoms with E-state index in [0.717, 1.165) is 12.5 Å². The van der Waals surface area contributed by atoms with E-state index >= 15 is 0 Å². The van der Waals surface area contributed by atoms with Gasteiger partial charge in [-0.05, 0) is 51.2 Å². The third-order valence-electron chi connectivity index (χ3n) is 3.87. The Labute approximate surface area is 103 Å². The predicted molar refractivity (Wildman–Crippen MR) is 72.1 cm³/mol. The maximum absolute atomic E-state index is 3.70. The van der Waals surface area contributed by atoms with Crippen LogP contribution in [-0.2, 0) is 6.54 Å². The first-order valence-corrected chi connectivity index (χ1v) is 7.28. The zero-order chi connectivity index (χ0) is 11.5. The summed E-state index contributed by atoms with van der Waals surface area (Å²) in [5.74, 6) is 0.917. The highest BCUT2D eigenvalue weighted by Crippen LogP contribution is 2.28. The molecule has 16 heavy (non-hydrogen) atoms. The lowest BCUT2D eigenvalue weighted by Gasteiger charge is -2.20. The van der Waals surface area contributed by atoms with E-state index in [1.807, 2.05) is 11.3 Å². The summed E-state index contributed by atoms with van der Waals surface area (Å²) < 4.78 is 0. The Kier molecular flexibility index (Phi) is 4.04. The van der Waals surface area contributed by atoms with Crippen molar-refractivity contribution < 1.29 is 0 Å². The molecule has 0 aromatic carbocycles. The van der Waals surface area contributed by atoms with Gasteiger partial charge in [0, 0.05) is 22.3 Å². The fourth-order valence-corrected chi connectivity index (χ4v) is 3.70. The van der Waals surface area contributed by atoms with Crippen LogP contribution in [0, 0.1) is 19.8 Å². The number of thiophene rings is 1. The molecule has 1 aliphatic carbocycles. The van der Waals surface area contributed by atoms with E-state index in [4.69, 9.17) is 0 Å². The van der Waals surface area contributed by atoms with Gasteiger partial charge in [-0.1, -0.05) is 12.8 Å². The largest absolute Gasteiger partial charge is 0.310 e. The first-order valence-electron chi connectivity index (χ1n) is 6.46. The molecule has 1 aliphatic rings. The van der Waals surface area contributed by atoms with Crippen molar-refractivity contribution in [1.29, 1.82) is 0 Å². The summed E-state index contributed by atoms with van der Waals surface area (Å²) in [6, 6.07) is 3.01. The van der Waals surface area contributed by atoms with Crippen molar-refractivity contribution in [2.45, 2.75) is 59.0 Å². The van der Waals surface area contributed by atoms with Crippen LogP contribution < -0.4 is 5.32 Å². The molecule has 1 N–H and O–H groups in total. The van der Waals surface area contributed by atoms with Gasteiger partial charge in [-0.15, -0.1) is 11.3 Å². The molecule has 0 saturated heterocycles. The van der Waals surface area contributed by atoms with E-state index in [2.05, 4.69) is 32.2 Å². The number of nitrogens with one attached hydrogen (secondary N) is 1. The highest BCUT2D eigenvalue weighted by Gasteiger charge is 2.21. The molecule has 1 heterocycles. The Balaban J connectivity index is 1.84. The van der Waals surface area contributed by atoms with Gasteiger partial charge in [-0.3, -0.25) is 0 Å². The topological polar surface area (TPSA) is 12.0 Å². The Morgan fingerprint density at radius 1 is 1.38 bits per heavy atom. The summed E-state index contributed by atoms with van der Waals surface area (Å²) in [7, 11) is 0. The average Bonchev–Trinajstić information content (AvgIpc) is 2.84. The fraction of sp³-hybridized carbons (Fsp3) is 0.714. The molecule has 1 fully saturated rings.